The number of aryl methyl sites for hydroxylation is 1. The molecule has 0 saturated heterocycles. The van der Waals surface area contributed by atoms with E-state index in [0.717, 1.165) is 25.9 Å². The van der Waals surface area contributed by atoms with Crippen molar-refractivity contribution >= 4 is 5.78 Å². The lowest BCUT2D eigenvalue weighted by Gasteiger charge is -2.25. The summed E-state index contributed by atoms with van der Waals surface area (Å²) >= 11 is 0. The van der Waals surface area contributed by atoms with Gasteiger partial charge in [-0.2, -0.15) is 0 Å². The van der Waals surface area contributed by atoms with Crippen LogP contribution in [0.2, 0.25) is 0 Å². The molecule has 21 heavy (non-hydrogen) atoms. The van der Waals surface area contributed by atoms with Crippen LogP contribution in [0.15, 0.2) is 54.6 Å². The standard InChI is InChI=1S/C19H21NO/c21-19(12-6-9-15-7-2-1-3-8-15)18-14-20-13-16-10-4-5-11-17(16)18/h1-5,7-8,10-11,18,20H,6,9,12-14H2. The second-order valence-corrected chi connectivity index (χ2v) is 5.69. The lowest BCUT2D eigenvalue weighted by atomic mass is 9.86. The van der Waals surface area contributed by atoms with Crippen molar-refractivity contribution in [3.63, 3.8) is 0 Å². The number of fused-ring (bicyclic) bond motifs is 1. The minimum atomic E-state index is 0.0331. The highest BCUT2D eigenvalue weighted by molar-refractivity contribution is 5.86. The Hall–Kier alpha value is -1.93. The number of carbonyl (C=O) groups excluding carboxylic acids is 1. The van der Waals surface area contributed by atoms with Gasteiger partial charge in [0, 0.05) is 19.5 Å². The molecule has 0 amide bonds. The number of ketones is 1. The molecule has 0 radical (unpaired) electrons. The van der Waals surface area contributed by atoms with Crippen molar-refractivity contribution in [2.45, 2.75) is 31.7 Å². The van der Waals surface area contributed by atoms with Gasteiger partial charge in [0.25, 0.3) is 0 Å². The predicted octanol–water partition coefficient (Wildman–Crippen LogP) is 3.47. The van der Waals surface area contributed by atoms with Crippen LogP contribution >= 0.6 is 0 Å². The lowest BCUT2D eigenvalue weighted by molar-refractivity contribution is -0.120. The summed E-state index contributed by atoms with van der Waals surface area (Å²) < 4.78 is 0. The van der Waals surface area contributed by atoms with Crippen LogP contribution in [0.25, 0.3) is 0 Å². The van der Waals surface area contributed by atoms with Gasteiger partial charge >= 0.3 is 0 Å². The van der Waals surface area contributed by atoms with Crippen LogP contribution in [0.4, 0.5) is 0 Å². The smallest absolute Gasteiger partial charge is 0.141 e. The maximum Gasteiger partial charge on any atom is 0.141 e. The van der Waals surface area contributed by atoms with Gasteiger partial charge < -0.3 is 5.32 Å². The molecule has 1 aliphatic rings. The minimum Gasteiger partial charge on any atom is -0.312 e. The van der Waals surface area contributed by atoms with Crippen molar-refractivity contribution < 1.29 is 4.79 Å². The Morgan fingerprint density at radius 1 is 1.05 bits per heavy atom. The van der Waals surface area contributed by atoms with Gasteiger partial charge in [-0.1, -0.05) is 54.6 Å². The van der Waals surface area contributed by atoms with Gasteiger partial charge in [0.2, 0.25) is 0 Å². The fourth-order valence-electron chi connectivity index (χ4n) is 3.07. The molecule has 1 N–H and O–H groups in total. The van der Waals surface area contributed by atoms with Gasteiger partial charge in [-0.15, -0.1) is 0 Å². The molecule has 1 atom stereocenters. The number of hydrogen-bond acceptors (Lipinski definition) is 2. The molecular formula is C19H21NO. The molecule has 2 aromatic carbocycles. The van der Waals surface area contributed by atoms with Crippen LogP contribution in [-0.4, -0.2) is 12.3 Å². The molecular weight excluding hydrogens is 258 g/mol. The van der Waals surface area contributed by atoms with Gasteiger partial charge in [0.1, 0.15) is 5.78 Å². The molecule has 2 nitrogen and oxygen atoms in total. The molecule has 1 aliphatic heterocycles. The summed E-state index contributed by atoms with van der Waals surface area (Å²) in [5, 5.41) is 3.36. The monoisotopic (exact) mass is 279 g/mol. The number of hydrogen-bond donors (Lipinski definition) is 1. The van der Waals surface area contributed by atoms with Crippen LogP contribution in [0, 0.1) is 0 Å². The molecule has 0 aromatic heterocycles. The molecule has 0 fully saturated rings. The largest absolute Gasteiger partial charge is 0.312 e. The van der Waals surface area contributed by atoms with Crippen molar-refractivity contribution in [1.29, 1.82) is 0 Å². The van der Waals surface area contributed by atoms with E-state index in [1.54, 1.807) is 0 Å². The van der Waals surface area contributed by atoms with E-state index < -0.39 is 0 Å². The van der Waals surface area contributed by atoms with Gasteiger partial charge in [0.05, 0.1) is 5.92 Å². The van der Waals surface area contributed by atoms with E-state index in [0.29, 0.717) is 12.2 Å². The Balaban J connectivity index is 1.59. The van der Waals surface area contributed by atoms with Gasteiger partial charge in [-0.05, 0) is 29.5 Å². The summed E-state index contributed by atoms with van der Waals surface area (Å²) in [5.41, 5.74) is 3.80. The molecule has 2 aromatic rings. The van der Waals surface area contributed by atoms with Crippen molar-refractivity contribution in [1.82, 2.24) is 5.32 Å². The zero-order valence-electron chi connectivity index (χ0n) is 12.2. The van der Waals surface area contributed by atoms with Gasteiger partial charge in [0.15, 0.2) is 0 Å². The van der Waals surface area contributed by atoms with Crippen LogP contribution < -0.4 is 5.32 Å². The van der Waals surface area contributed by atoms with Gasteiger partial charge in [-0.25, -0.2) is 0 Å². The van der Waals surface area contributed by atoms with Crippen LogP contribution in [0.3, 0.4) is 0 Å². The molecule has 2 heteroatoms. The first-order valence-electron chi connectivity index (χ1n) is 7.70. The number of benzene rings is 2. The van der Waals surface area contributed by atoms with Crippen molar-refractivity contribution in [3.05, 3.63) is 71.3 Å². The van der Waals surface area contributed by atoms with E-state index >= 15 is 0 Å². The lowest BCUT2D eigenvalue weighted by Crippen LogP contribution is -2.32. The SMILES string of the molecule is O=C(CCCc1ccccc1)C1CNCc2ccccc21. The summed E-state index contributed by atoms with van der Waals surface area (Å²) in [6.45, 7) is 1.66. The molecule has 3 rings (SSSR count). The average molecular weight is 279 g/mol. The Bertz CT molecular complexity index is 606. The first-order valence-corrected chi connectivity index (χ1v) is 7.70. The highest BCUT2D eigenvalue weighted by Crippen LogP contribution is 2.26. The number of rotatable bonds is 5. The predicted molar refractivity (Wildman–Crippen MR) is 85.3 cm³/mol. The van der Waals surface area contributed by atoms with E-state index in [4.69, 9.17) is 0 Å². The van der Waals surface area contributed by atoms with E-state index in [1.165, 1.54) is 16.7 Å². The van der Waals surface area contributed by atoms with Crippen LogP contribution in [0.5, 0.6) is 0 Å². The third-order valence-corrected chi connectivity index (χ3v) is 4.21. The number of carbonyl (C=O) groups is 1. The maximum absolute atomic E-state index is 12.5. The van der Waals surface area contributed by atoms with E-state index in [-0.39, 0.29) is 5.92 Å². The Kier molecular flexibility index (Phi) is 4.46. The quantitative estimate of drug-likeness (QED) is 0.908. The minimum absolute atomic E-state index is 0.0331. The Morgan fingerprint density at radius 2 is 1.81 bits per heavy atom. The zero-order chi connectivity index (χ0) is 14.5. The molecule has 108 valence electrons. The summed E-state index contributed by atoms with van der Waals surface area (Å²) in [6, 6.07) is 18.7. The average Bonchev–Trinajstić information content (AvgIpc) is 2.55. The third-order valence-electron chi connectivity index (χ3n) is 4.21. The van der Waals surface area contributed by atoms with Crippen molar-refractivity contribution in [2.24, 2.45) is 0 Å². The first kappa shape index (κ1) is 14.0. The second kappa shape index (κ2) is 6.68. The first-order chi connectivity index (χ1) is 10.3. The fourth-order valence-corrected chi connectivity index (χ4v) is 3.07. The zero-order valence-corrected chi connectivity index (χ0v) is 12.2. The van der Waals surface area contributed by atoms with Gasteiger partial charge in [-0.3, -0.25) is 4.79 Å². The highest BCUT2D eigenvalue weighted by Gasteiger charge is 2.25. The molecule has 0 aliphatic carbocycles. The molecule has 0 saturated carbocycles. The summed E-state index contributed by atoms with van der Waals surface area (Å²) in [7, 11) is 0. The van der Waals surface area contributed by atoms with E-state index in [1.807, 2.05) is 18.2 Å². The van der Waals surface area contributed by atoms with Crippen LogP contribution in [-0.2, 0) is 17.8 Å². The summed E-state index contributed by atoms with van der Waals surface area (Å²) in [5.74, 6) is 0.399. The third kappa shape index (κ3) is 3.40. The van der Waals surface area contributed by atoms with Crippen molar-refractivity contribution in [3.8, 4) is 0 Å². The Morgan fingerprint density at radius 3 is 2.67 bits per heavy atom. The molecule has 0 spiro atoms. The Labute approximate surface area is 126 Å². The molecule has 1 unspecified atom stereocenters. The van der Waals surface area contributed by atoms with E-state index in [2.05, 4.69) is 41.7 Å². The van der Waals surface area contributed by atoms with E-state index in [9.17, 15) is 4.79 Å². The second-order valence-electron chi connectivity index (χ2n) is 5.69. The van der Waals surface area contributed by atoms with Crippen LogP contribution in [0.1, 0.15) is 35.4 Å². The van der Waals surface area contributed by atoms with Crippen molar-refractivity contribution in [2.75, 3.05) is 6.54 Å². The number of nitrogens with one attached hydrogen (secondary N) is 1. The highest BCUT2D eigenvalue weighted by atomic mass is 16.1. The molecule has 0 bridgehead atoms. The summed E-state index contributed by atoms with van der Waals surface area (Å²) in [6.07, 6.45) is 2.57. The number of Topliss-reactive ketones (excluding diaryl/α,β-unsaturated/α-hetero) is 1. The maximum atomic E-state index is 12.5. The molecule has 1 heterocycles. The normalized spacial score (nSPS) is 17.2. The topological polar surface area (TPSA) is 29.1 Å². The summed E-state index contributed by atoms with van der Waals surface area (Å²) in [4.78, 5) is 12.5. The fraction of sp³-hybridized carbons (Fsp3) is 0.316.